The van der Waals surface area contributed by atoms with Gasteiger partial charge in [-0.2, -0.15) is 5.26 Å². The number of non-ortho nitro benzene ring substituents is 1. The molecule has 1 aromatic carbocycles. The van der Waals surface area contributed by atoms with Crippen molar-refractivity contribution in [2.24, 2.45) is 0 Å². The number of rotatable bonds is 5. The Morgan fingerprint density at radius 2 is 2.21 bits per heavy atom. The van der Waals surface area contributed by atoms with Gasteiger partial charge in [0, 0.05) is 44.5 Å². The van der Waals surface area contributed by atoms with Crippen LogP contribution in [0, 0.1) is 21.4 Å². The molecule has 1 fully saturated rings. The Balaban J connectivity index is 2.20. The molecule has 2 rings (SSSR count). The van der Waals surface area contributed by atoms with Crippen molar-refractivity contribution < 1.29 is 14.5 Å². The minimum absolute atomic E-state index is 0.0783. The lowest BCUT2D eigenvalue weighted by Crippen LogP contribution is -2.46. The Morgan fingerprint density at radius 1 is 1.50 bits per heavy atom. The molecule has 9 heteroatoms. The standard InChI is InChI=1S/C15H17N5O4/c1-24-14-3-2-12(20(22)23)8-13(14)18-10-11(9-16)15(21)19-6-4-17-5-7-19/h2-3,8,10,17-18H,4-7H2,1H3/b11-10-. The van der Waals surface area contributed by atoms with Crippen molar-refractivity contribution in [3.05, 3.63) is 40.1 Å². The van der Waals surface area contributed by atoms with Gasteiger partial charge < -0.3 is 20.3 Å². The largest absolute Gasteiger partial charge is 0.495 e. The van der Waals surface area contributed by atoms with Crippen LogP contribution in [-0.4, -0.2) is 49.0 Å². The van der Waals surface area contributed by atoms with E-state index in [1.165, 1.54) is 31.5 Å². The van der Waals surface area contributed by atoms with Gasteiger partial charge in [-0.05, 0) is 6.07 Å². The van der Waals surface area contributed by atoms with Crippen LogP contribution in [0.25, 0.3) is 0 Å². The third-order valence-electron chi connectivity index (χ3n) is 3.52. The zero-order chi connectivity index (χ0) is 17.5. The highest BCUT2D eigenvalue weighted by Crippen LogP contribution is 2.29. The number of carbonyl (C=O) groups excluding carboxylic acids is 1. The average Bonchev–Trinajstić information content (AvgIpc) is 2.62. The molecular formula is C15H17N5O4. The second-order valence-electron chi connectivity index (χ2n) is 5.00. The summed E-state index contributed by atoms with van der Waals surface area (Å²) in [6, 6.07) is 5.89. The average molecular weight is 331 g/mol. The number of nitriles is 1. The second-order valence-corrected chi connectivity index (χ2v) is 5.00. The fourth-order valence-corrected chi connectivity index (χ4v) is 2.25. The Kier molecular flexibility index (Phi) is 5.70. The van der Waals surface area contributed by atoms with Crippen molar-refractivity contribution in [3.63, 3.8) is 0 Å². The van der Waals surface area contributed by atoms with E-state index in [-0.39, 0.29) is 17.2 Å². The quantitative estimate of drug-likeness (QED) is 0.355. The lowest BCUT2D eigenvalue weighted by Gasteiger charge is -2.27. The smallest absolute Gasteiger partial charge is 0.271 e. The van der Waals surface area contributed by atoms with E-state index in [2.05, 4.69) is 10.6 Å². The van der Waals surface area contributed by atoms with Crippen LogP contribution in [0.1, 0.15) is 0 Å². The summed E-state index contributed by atoms with van der Waals surface area (Å²) in [7, 11) is 1.42. The number of nitro groups is 1. The lowest BCUT2D eigenvalue weighted by molar-refractivity contribution is -0.384. The molecule has 1 saturated heterocycles. The highest BCUT2D eigenvalue weighted by Gasteiger charge is 2.20. The van der Waals surface area contributed by atoms with Crippen molar-refractivity contribution in [2.75, 3.05) is 38.6 Å². The highest BCUT2D eigenvalue weighted by atomic mass is 16.6. The normalized spacial score (nSPS) is 14.7. The fraction of sp³-hybridized carbons (Fsp3) is 0.333. The van der Waals surface area contributed by atoms with Gasteiger partial charge in [-0.1, -0.05) is 0 Å². The number of hydrogen-bond acceptors (Lipinski definition) is 7. The molecule has 0 atom stereocenters. The summed E-state index contributed by atoms with van der Waals surface area (Å²) in [6.07, 6.45) is 1.24. The van der Waals surface area contributed by atoms with Crippen molar-refractivity contribution in [1.29, 1.82) is 5.26 Å². The molecule has 0 aromatic heterocycles. The fourth-order valence-electron chi connectivity index (χ4n) is 2.25. The molecular weight excluding hydrogens is 314 g/mol. The van der Waals surface area contributed by atoms with Gasteiger partial charge in [-0.25, -0.2) is 0 Å². The van der Waals surface area contributed by atoms with E-state index in [9.17, 15) is 20.2 Å². The summed E-state index contributed by atoms with van der Waals surface area (Å²) in [5.41, 5.74) is 0.0941. The second kappa shape index (κ2) is 7.94. The predicted octanol–water partition coefficient (Wildman–Crippen LogP) is 0.855. The Hall–Kier alpha value is -3.12. The van der Waals surface area contributed by atoms with Crippen molar-refractivity contribution in [2.45, 2.75) is 0 Å². The van der Waals surface area contributed by atoms with Gasteiger partial charge >= 0.3 is 0 Å². The summed E-state index contributed by atoms with van der Waals surface area (Å²) in [5, 5.41) is 26.0. The topological polar surface area (TPSA) is 121 Å². The molecule has 0 unspecified atom stereocenters. The lowest BCUT2D eigenvalue weighted by atomic mass is 10.2. The number of hydrogen-bond donors (Lipinski definition) is 2. The van der Waals surface area contributed by atoms with E-state index < -0.39 is 4.92 Å². The molecule has 1 aliphatic rings. The van der Waals surface area contributed by atoms with E-state index >= 15 is 0 Å². The monoisotopic (exact) mass is 331 g/mol. The van der Waals surface area contributed by atoms with Crippen LogP contribution in [0.5, 0.6) is 5.75 Å². The molecule has 126 valence electrons. The SMILES string of the molecule is COc1ccc([N+](=O)[O-])cc1N/C=C(/C#N)C(=O)N1CCNCC1. The van der Waals surface area contributed by atoms with Crippen molar-refractivity contribution >= 4 is 17.3 Å². The minimum atomic E-state index is -0.536. The molecule has 0 saturated carbocycles. The van der Waals surface area contributed by atoms with Crippen LogP contribution in [0.3, 0.4) is 0 Å². The number of ether oxygens (including phenoxy) is 1. The molecule has 1 amide bonds. The third-order valence-corrected chi connectivity index (χ3v) is 3.52. The van der Waals surface area contributed by atoms with Crippen LogP contribution < -0.4 is 15.4 Å². The maximum atomic E-state index is 12.3. The first-order chi connectivity index (χ1) is 11.6. The van der Waals surface area contributed by atoms with E-state index in [0.717, 1.165) is 0 Å². The molecule has 1 aromatic rings. The molecule has 1 aliphatic heterocycles. The van der Waals surface area contributed by atoms with Gasteiger partial charge in [0.05, 0.1) is 17.7 Å². The first kappa shape index (κ1) is 17.2. The van der Waals surface area contributed by atoms with E-state index in [1.54, 1.807) is 4.90 Å². The number of anilines is 1. The van der Waals surface area contributed by atoms with Gasteiger partial charge in [-0.15, -0.1) is 0 Å². The summed E-state index contributed by atoms with van der Waals surface area (Å²) in [4.78, 5) is 24.2. The highest BCUT2D eigenvalue weighted by molar-refractivity contribution is 5.97. The maximum Gasteiger partial charge on any atom is 0.271 e. The number of methoxy groups -OCH3 is 1. The first-order valence-corrected chi connectivity index (χ1v) is 7.26. The van der Waals surface area contributed by atoms with E-state index in [1.807, 2.05) is 6.07 Å². The van der Waals surface area contributed by atoms with Crippen LogP contribution in [0.4, 0.5) is 11.4 Å². The molecule has 0 bridgehead atoms. The van der Waals surface area contributed by atoms with Crippen LogP contribution >= 0.6 is 0 Å². The van der Waals surface area contributed by atoms with E-state index in [0.29, 0.717) is 37.6 Å². The number of carbonyl (C=O) groups is 1. The number of piperazine rings is 1. The van der Waals surface area contributed by atoms with Crippen molar-refractivity contribution in [1.82, 2.24) is 10.2 Å². The number of benzene rings is 1. The molecule has 2 N–H and O–H groups in total. The van der Waals surface area contributed by atoms with Crippen molar-refractivity contribution in [3.8, 4) is 11.8 Å². The summed E-state index contributed by atoms with van der Waals surface area (Å²) in [6.45, 7) is 2.41. The van der Waals surface area contributed by atoms with Gasteiger partial charge in [0.1, 0.15) is 17.4 Å². The molecule has 0 radical (unpaired) electrons. The van der Waals surface area contributed by atoms with Gasteiger partial charge in [0.25, 0.3) is 11.6 Å². The molecule has 1 heterocycles. The number of amides is 1. The number of nitrogens with zero attached hydrogens (tertiary/aromatic N) is 3. The Bertz CT molecular complexity index is 704. The Morgan fingerprint density at radius 3 is 2.79 bits per heavy atom. The molecule has 24 heavy (non-hydrogen) atoms. The van der Waals surface area contributed by atoms with Crippen LogP contribution in [0.2, 0.25) is 0 Å². The minimum Gasteiger partial charge on any atom is -0.495 e. The Labute approximate surface area is 138 Å². The summed E-state index contributed by atoms with van der Waals surface area (Å²) >= 11 is 0. The van der Waals surface area contributed by atoms with Gasteiger partial charge in [0.2, 0.25) is 0 Å². The molecule has 0 spiro atoms. The number of nitrogens with one attached hydrogen (secondary N) is 2. The van der Waals surface area contributed by atoms with Crippen LogP contribution in [0.15, 0.2) is 30.0 Å². The zero-order valence-corrected chi connectivity index (χ0v) is 13.1. The molecule has 9 nitrogen and oxygen atoms in total. The van der Waals surface area contributed by atoms with Crippen LogP contribution in [-0.2, 0) is 4.79 Å². The third kappa shape index (κ3) is 3.99. The number of nitro benzene ring substituents is 1. The maximum absolute atomic E-state index is 12.3. The van der Waals surface area contributed by atoms with E-state index in [4.69, 9.17) is 4.74 Å². The first-order valence-electron chi connectivity index (χ1n) is 7.26. The predicted molar refractivity (Wildman–Crippen MR) is 86.4 cm³/mol. The summed E-state index contributed by atoms with van der Waals surface area (Å²) in [5.74, 6) is -0.0142. The van der Waals surface area contributed by atoms with Gasteiger partial charge in [-0.3, -0.25) is 14.9 Å². The summed E-state index contributed by atoms with van der Waals surface area (Å²) < 4.78 is 5.12. The van der Waals surface area contributed by atoms with Gasteiger partial charge in [0.15, 0.2) is 0 Å². The molecule has 0 aliphatic carbocycles. The zero-order valence-electron chi connectivity index (χ0n) is 13.1.